The van der Waals surface area contributed by atoms with Gasteiger partial charge in [-0.1, -0.05) is 13.8 Å². The van der Waals surface area contributed by atoms with Crippen molar-refractivity contribution < 1.29 is 13.5 Å². The molecule has 1 radical (unpaired) electrons. The highest BCUT2D eigenvalue weighted by molar-refractivity contribution is 7.73. The van der Waals surface area contributed by atoms with E-state index in [1.165, 1.54) is 0 Å². The highest BCUT2D eigenvalue weighted by Gasteiger charge is 2.23. The summed E-state index contributed by atoms with van der Waals surface area (Å²) >= 11 is 0. The first-order valence-electron chi connectivity index (χ1n) is 7.09. The zero-order chi connectivity index (χ0) is 14.3. The van der Waals surface area contributed by atoms with Crippen molar-refractivity contribution in [3.63, 3.8) is 0 Å². The lowest BCUT2D eigenvalue weighted by Crippen LogP contribution is -2.44. The van der Waals surface area contributed by atoms with Gasteiger partial charge in [-0.2, -0.15) is 0 Å². The summed E-state index contributed by atoms with van der Waals surface area (Å²) in [5.74, 6) is 0.342. The van der Waals surface area contributed by atoms with Crippen LogP contribution in [0.1, 0.15) is 33.1 Å². The Morgan fingerprint density at radius 1 is 1.32 bits per heavy atom. The van der Waals surface area contributed by atoms with Crippen molar-refractivity contribution in [2.24, 2.45) is 5.92 Å². The first kappa shape index (κ1) is 16.9. The Morgan fingerprint density at radius 3 is 2.42 bits per heavy atom. The summed E-state index contributed by atoms with van der Waals surface area (Å²) < 4.78 is 22.8. The molecule has 1 heterocycles. The summed E-state index contributed by atoms with van der Waals surface area (Å²) in [6.45, 7) is 6.46. The Morgan fingerprint density at radius 2 is 1.95 bits per heavy atom. The lowest BCUT2D eigenvalue weighted by Gasteiger charge is -2.31. The number of likely N-dealkylation sites (tertiary alicyclic amines) is 1. The molecule has 1 aliphatic heterocycles. The second-order valence-electron chi connectivity index (χ2n) is 5.44. The van der Waals surface area contributed by atoms with Crippen molar-refractivity contribution in [2.45, 2.75) is 44.5 Å². The van der Waals surface area contributed by atoms with Crippen LogP contribution in [0.2, 0.25) is 0 Å². The van der Waals surface area contributed by atoms with Gasteiger partial charge >= 0.3 is 0 Å². The molecule has 0 aromatic heterocycles. The molecule has 0 aliphatic carbocycles. The fourth-order valence-electron chi connectivity index (χ4n) is 2.40. The van der Waals surface area contributed by atoms with E-state index < -0.39 is 10.7 Å². The van der Waals surface area contributed by atoms with Crippen molar-refractivity contribution in [2.75, 3.05) is 26.2 Å². The highest BCUT2D eigenvalue weighted by Crippen LogP contribution is 2.14. The zero-order valence-electron chi connectivity index (χ0n) is 11.9. The maximum absolute atomic E-state index is 11.4. The van der Waals surface area contributed by atoms with E-state index in [9.17, 15) is 13.5 Å². The number of rotatable bonds is 8. The van der Waals surface area contributed by atoms with Crippen LogP contribution < -0.4 is 5.32 Å². The lowest BCUT2D eigenvalue weighted by atomic mass is 10.1. The van der Waals surface area contributed by atoms with Gasteiger partial charge < -0.3 is 10.4 Å². The maximum Gasteiger partial charge on any atom is 0.156 e. The number of aliphatic hydroxyl groups is 1. The SMILES string of the molecule is CC(C)C(CO)NCCC(N1CC[CH]CC1)[SH](=O)=O. The molecule has 19 heavy (non-hydrogen) atoms. The molecular formula is C13H27N2O3S. The van der Waals surface area contributed by atoms with E-state index in [2.05, 4.69) is 16.6 Å². The van der Waals surface area contributed by atoms with Crippen LogP contribution in [0.5, 0.6) is 0 Å². The molecule has 1 aliphatic rings. The number of nitrogens with one attached hydrogen (secondary N) is 1. The Labute approximate surface area is 118 Å². The Balaban J connectivity index is 2.41. The summed E-state index contributed by atoms with van der Waals surface area (Å²) in [4.78, 5) is 2.05. The van der Waals surface area contributed by atoms with Gasteiger partial charge in [-0.05, 0) is 51.2 Å². The van der Waals surface area contributed by atoms with Crippen molar-refractivity contribution >= 4 is 10.7 Å². The minimum atomic E-state index is -2.43. The van der Waals surface area contributed by atoms with Crippen LogP contribution in [0.3, 0.4) is 0 Å². The molecule has 113 valence electrons. The average Bonchev–Trinajstić information content (AvgIpc) is 2.39. The minimum Gasteiger partial charge on any atom is -0.395 e. The first-order valence-corrected chi connectivity index (χ1v) is 8.34. The van der Waals surface area contributed by atoms with Crippen LogP contribution in [0.25, 0.3) is 0 Å². The number of hydrogen-bond acceptors (Lipinski definition) is 5. The Kier molecular flexibility index (Phi) is 7.90. The largest absolute Gasteiger partial charge is 0.395 e. The van der Waals surface area contributed by atoms with Crippen molar-refractivity contribution in [1.82, 2.24) is 10.2 Å². The average molecular weight is 291 g/mol. The van der Waals surface area contributed by atoms with Gasteiger partial charge in [0.15, 0.2) is 10.7 Å². The maximum atomic E-state index is 11.4. The molecule has 2 atom stereocenters. The fraction of sp³-hybridized carbons (Fsp3) is 0.923. The summed E-state index contributed by atoms with van der Waals surface area (Å²) in [6.07, 6.45) is 4.74. The monoisotopic (exact) mass is 291 g/mol. The third kappa shape index (κ3) is 5.77. The molecule has 2 unspecified atom stereocenters. The summed E-state index contributed by atoms with van der Waals surface area (Å²) in [5.41, 5.74) is 0. The second-order valence-corrected chi connectivity index (χ2v) is 6.61. The van der Waals surface area contributed by atoms with Crippen molar-refractivity contribution in [3.05, 3.63) is 6.42 Å². The molecule has 1 rings (SSSR count). The molecule has 0 aromatic rings. The molecule has 5 nitrogen and oxygen atoms in total. The molecule has 0 amide bonds. The van der Waals surface area contributed by atoms with Gasteiger partial charge in [-0.3, -0.25) is 4.90 Å². The number of aliphatic hydroxyl groups excluding tert-OH is 1. The predicted octanol–water partition coefficient (Wildman–Crippen LogP) is 0.221. The molecule has 6 heteroatoms. The number of hydrogen-bond donors (Lipinski definition) is 3. The van der Waals surface area contributed by atoms with Crippen LogP contribution in [0.15, 0.2) is 0 Å². The fourth-order valence-corrected chi connectivity index (χ4v) is 3.24. The molecule has 1 fully saturated rings. The van der Waals surface area contributed by atoms with Crippen LogP contribution in [-0.4, -0.2) is 56.1 Å². The topological polar surface area (TPSA) is 69.6 Å². The number of thiol groups is 1. The number of piperidine rings is 1. The molecular weight excluding hydrogens is 264 g/mol. The van der Waals surface area contributed by atoms with Gasteiger partial charge in [0.2, 0.25) is 0 Å². The normalized spacial score (nSPS) is 20.9. The number of nitrogens with zero attached hydrogens (tertiary/aromatic N) is 1. The van der Waals surface area contributed by atoms with E-state index in [1.807, 2.05) is 13.8 Å². The predicted molar refractivity (Wildman–Crippen MR) is 77.5 cm³/mol. The molecule has 0 aromatic carbocycles. The van der Waals surface area contributed by atoms with E-state index in [4.69, 9.17) is 0 Å². The molecule has 0 bridgehead atoms. The van der Waals surface area contributed by atoms with Gasteiger partial charge in [0, 0.05) is 6.04 Å². The van der Waals surface area contributed by atoms with Crippen LogP contribution in [0, 0.1) is 12.3 Å². The van der Waals surface area contributed by atoms with Gasteiger partial charge in [0.1, 0.15) is 5.37 Å². The van der Waals surface area contributed by atoms with E-state index in [-0.39, 0.29) is 18.0 Å². The summed E-state index contributed by atoms with van der Waals surface area (Å²) in [5, 5.41) is 12.1. The molecule has 2 N–H and O–H groups in total. The molecule has 0 spiro atoms. The second kappa shape index (κ2) is 8.89. The van der Waals surface area contributed by atoms with Gasteiger partial charge in [-0.15, -0.1) is 0 Å². The lowest BCUT2D eigenvalue weighted by molar-refractivity contribution is 0.197. The van der Waals surface area contributed by atoms with Gasteiger partial charge in [0.25, 0.3) is 0 Å². The van der Waals surface area contributed by atoms with Gasteiger partial charge in [-0.25, -0.2) is 8.42 Å². The smallest absolute Gasteiger partial charge is 0.156 e. The van der Waals surface area contributed by atoms with Crippen molar-refractivity contribution in [3.8, 4) is 0 Å². The minimum absolute atomic E-state index is 0.0415. The molecule has 1 saturated heterocycles. The van der Waals surface area contributed by atoms with Gasteiger partial charge in [0.05, 0.1) is 6.61 Å². The van der Waals surface area contributed by atoms with E-state index in [0.29, 0.717) is 18.9 Å². The van der Waals surface area contributed by atoms with Crippen molar-refractivity contribution in [1.29, 1.82) is 0 Å². The van der Waals surface area contributed by atoms with Crippen LogP contribution in [-0.2, 0) is 10.7 Å². The van der Waals surface area contributed by atoms with Crippen LogP contribution >= 0.6 is 0 Å². The van der Waals surface area contributed by atoms with E-state index >= 15 is 0 Å². The standard InChI is InChI=1S/C13H27N2O3S/c1-11(2)12(10-16)14-7-6-13(19(17)18)15-8-4-3-5-9-15/h3,11-14,16,19H,4-10H2,1-2H3. The van der Waals surface area contributed by atoms with E-state index in [0.717, 1.165) is 25.9 Å². The summed E-state index contributed by atoms with van der Waals surface area (Å²) in [7, 11) is -2.43. The van der Waals surface area contributed by atoms with Crippen LogP contribution in [0.4, 0.5) is 0 Å². The third-order valence-electron chi connectivity index (χ3n) is 3.72. The molecule has 0 saturated carbocycles. The first-order chi connectivity index (χ1) is 9.06. The zero-order valence-corrected chi connectivity index (χ0v) is 12.8. The Bertz CT molecular complexity index is 307. The Hall–Kier alpha value is -0.170. The van der Waals surface area contributed by atoms with E-state index in [1.54, 1.807) is 0 Å². The third-order valence-corrected chi connectivity index (χ3v) is 4.79. The highest BCUT2D eigenvalue weighted by atomic mass is 32.2. The summed E-state index contributed by atoms with van der Waals surface area (Å²) in [6, 6.07) is 0.0415. The quantitative estimate of drug-likeness (QED) is 0.558.